The van der Waals surface area contributed by atoms with Crippen LogP contribution < -0.4 is 10.5 Å². The van der Waals surface area contributed by atoms with Crippen molar-refractivity contribution in [2.75, 3.05) is 6.61 Å². The Morgan fingerprint density at radius 1 is 1.10 bits per heavy atom. The van der Waals surface area contributed by atoms with Gasteiger partial charge in [-0.25, -0.2) is 0 Å². The number of nitrogens with two attached hydrogens (primary N) is 1. The number of hydrogen-bond acceptors (Lipinski definition) is 2. The van der Waals surface area contributed by atoms with Crippen molar-refractivity contribution in [1.29, 1.82) is 0 Å². The Morgan fingerprint density at radius 3 is 2.65 bits per heavy atom. The van der Waals surface area contributed by atoms with Crippen molar-refractivity contribution in [2.45, 2.75) is 12.5 Å². The Bertz CT molecular complexity index is 675. The summed E-state index contributed by atoms with van der Waals surface area (Å²) in [6, 6.07) is 9.08. The quantitative estimate of drug-likeness (QED) is 0.826. The fourth-order valence-corrected chi connectivity index (χ4v) is 3.63. The Labute approximate surface area is 136 Å². The normalized spacial score (nSPS) is 14.8. The van der Waals surface area contributed by atoms with Crippen LogP contribution in [0.25, 0.3) is 0 Å². The van der Waals surface area contributed by atoms with Crippen molar-refractivity contribution in [3.8, 4) is 5.75 Å². The molecule has 0 saturated carbocycles. The lowest BCUT2D eigenvalue weighted by molar-refractivity contribution is 0.352. The summed E-state index contributed by atoms with van der Waals surface area (Å²) in [6.45, 7) is 0.678. The summed E-state index contributed by atoms with van der Waals surface area (Å²) in [5.74, 6) is 0.865. The van der Waals surface area contributed by atoms with Gasteiger partial charge in [-0.1, -0.05) is 45.2 Å². The predicted molar refractivity (Wildman–Crippen MR) is 85.8 cm³/mol. The Kier molecular flexibility index (Phi) is 3.95. The lowest BCUT2D eigenvalue weighted by atomic mass is 9.96. The van der Waals surface area contributed by atoms with Gasteiger partial charge in [0, 0.05) is 26.5 Å². The maximum absolute atomic E-state index is 6.40. The van der Waals surface area contributed by atoms with E-state index in [9.17, 15) is 0 Å². The van der Waals surface area contributed by atoms with Gasteiger partial charge in [0.2, 0.25) is 0 Å². The molecule has 1 atom stereocenters. The molecule has 20 heavy (non-hydrogen) atoms. The lowest BCUT2D eigenvalue weighted by Crippen LogP contribution is -2.13. The van der Waals surface area contributed by atoms with Gasteiger partial charge in [0.25, 0.3) is 0 Å². The summed E-state index contributed by atoms with van der Waals surface area (Å²) in [4.78, 5) is 0. The van der Waals surface area contributed by atoms with Gasteiger partial charge in [0.1, 0.15) is 5.75 Å². The summed E-state index contributed by atoms with van der Waals surface area (Å²) >= 11 is 15.7. The van der Waals surface area contributed by atoms with Crippen LogP contribution in [0, 0.1) is 0 Å². The SMILES string of the molecule is NC(c1ccc(Cl)cc1Br)c1cc(Cl)cc2c1OCC2. The molecule has 0 bridgehead atoms. The first kappa shape index (κ1) is 14.2. The van der Waals surface area contributed by atoms with E-state index in [1.165, 1.54) is 0 Å². The third kappa shape index (κ3) is 2.56. The van der Waals surface area contributed by atoms with Gasteiger partial charge in [-0.2, -0.15) is 0 Å². The van der Waals surface area contributed by atoms with Gasteiger partial charge in [0.15, 0.2) is 0 Å². The lowest BCUT2D eigenvalue weighted by Gasteiger charge is -2.18. The topological polar surface area (TPSA) is 35.2 Å². The van der Waals surface area contributed by atoms with Crippen molar-refractivity contribution in [3.63, 3.8) is 0 Å². The molecule has 2 aromatic carbocycles. The molecule has 3 rings (SSSR count). The molecular weight excluding hydrogens is 361 g/mol. The van der Waals surface area contributed by atoms with Crippen LogP contribution in [0.4, 0.5) is 0 Å². The van der Waals surface area contributed by atoms with E-state index in [1.807, 2.05) is 30.3 Å². The molecular formula is C15H12BrCl2NO. The smallest absolute Gasteiger partial charge is 0.127 e. The first-order chi connectivity index (χ1) is 9.56. The van der Waals surface area contributed by atoms with Crippen LogP contribution in [-0.4, -0.2) is 6.61 Å². The molecule has 2 N–H and O–H groups in total. The van der Waals surface area contributed by atoms with Crippen LogP contribution in [0.2, 0.25) is 10.0 Å². The molecule has 1 aliphatic rings. The first-order valence-electron chi connectivity index (χ1n) is 6.22. The van der Waals surface area contributed by atoms with E-state index in [0.29, 0.717) is 16.7 Å². The molecule has 5 heteroatoms. The summed E-state index contributed by atoms with van der Waals surface area (Å²) in [7, 11) is 0. The molecule has 0 aromatic heterocycles. The van der Waals surface area contributed by atoms with Gasteiger partial charge in [-0.05, 0) is 35.4 Å². The average molecular weight is 373 g/mol. The van der Waals surface area contributed by atoms with Crippen molar-refractivity contribution in [2.24, 2.45) is 5.73 Å². The Hall–Kier alpha value is -0.740. The van der Waals surface area contributed by atoms with Gasteiger partial charge in [0.05, 0.1) is 12.6 Å². The minimum absolute atomic E-state index is 0.313. The Morgan fingerprint density at radius 2 is 1.90 bits per heavy atom. The van der Waals surface area contributed by atoms with E-state index in [0.717, 1.165) is 33.3 Å². The van der Waals surface area contributed by atoms with Crippen LogP contribution in [0.3, 0.4) is 0 Å². The third-order valence-corrected chi connectivity index (χ3v) is 4.55. The summed E-state index contributed by atoms with van der Waals surface area (Å²) < 4.78 is 6.59. The molecule has 0 aliphatic carbocycles. The van der Waals surface area contributed by atoms with E-state index >= 15 is 0 Å². The molecule has 0 saturated heterocycles. The fraction of sp³-hybridized carbons (Fsp3) is 0.200. The number of halogens is 3. The average Bonchev–Trinajstić information content (AvgIpc) is 2.85. The van der Waals surface area contributed by atoms with Gasteiger partial charge in [-0.3, -0.25) is 0 Å². The maximum atomic E-state index is 6.40. The van der Waals surface area contributed by atoms with Crippen LogP contribution >= 0.6 is 39.1 Å². The van der Waals surface area contributed by atoms with E-state index in [-0.39, 0.29) is 6.04 Å². The second-order valence-corrected chi connectivity index (χ2v) is 6.45. The fourth-order valence-electron chi connectivity index (χ4n) is 2.45. The van der Waals surface area contributed by atoms with Crippen molar-refractivity contribution in [1.82, 2.24) is 0 Å². The van der Waals surface area contributed by atoms with Gasteiger partial charge >= 0.3 is 0 Å². The highest BCUT2D eigenvalue weighted by Crippen LogP contribution is 2.39. The zero-order valence-corrected chi connectivity index (χ0v) is 13.6. The second-order valence-electron chi connectivity index (χ2n) is 4.73. The van der Waals surface area contributed by atoms with E-state index in [4.69, 9.17) is 33.7 Å². The Balaban J connectivity index is 2.09. The van der Waals surface area contributed by atoms with Crippen molar-refractivity contribution < 1.29 is 4.74 Å². The van der Waals surface area contributed by atoms with Crippen molar-refractivity contribution in [3.05, 3.63) is 61.5 Å². The molecule has 104 valence electrons. The molecule has 0 radical (unpaired) electrons. The number of ether oxygens (including phenoxy) is 1. The summed E-state index contributed by atoms with van der Waals surface area (Å²) in [5.41, 5.74) is 9.38. The molecule has 2 nitrogen and oxygen atoms in total. The number of fused-ring (bicyclic) bond motifs is 1. The van der Waals surface area contributed by atoms with Gasteiger partial charge < -0.3 is 10.5 Å². The molecule has 1 aliphatic heterocycles. The standard InChI is InChI=1S/C15H12BrCl2NO/c16-13-7-9(17)1-2-11(13)14(19)12-6-10(18)5-8-3-4-20-15(8)12/h1-2,5-7,14H,3-4,19H2. The highest BCUT2D eigenvalue weighted by atomic mass is 79.9. The molecule has 0 spiro atoms. The van der Waals surface area contributed by atoms with E-state index in [1.54, 1.807) is 0 Å². The minimum Gasteiger partial charge on any atom is -0.493 e. The number of hydrogen-bond donors (Lipinski definition) is 1. The monoisotopic (exact) mass is 371 g/mol. The van der Waals surface area contributed by atoms with Gasteiger partial charge in [-0.15, -0.1) is 0 Å². The third-order valence-electron chi connectivity index (χ3n) is 3.41. The van der Waals surface area contributed by atoms with Crippen LogP contribution in [0.1, 0.15) is 22.7 Å². The summed E-state index contributed by atoms with van der Waals surface area (Å²) in [5, 5.41) is 1.35. The maximum Gasteiger partial charge on any atom is 0.127 e. The van der Waals surface area contributed by atoms with E-state index in [2.05, 4.69) is 15.9 Å². The first-order valence-corrected chi connectivity index (χ1v) is 7.77. The zero-order valence-electron chi connectivity index (χ0n) is 10.5. The number of rotatable bonds is 2. The highest BCUT2D eigenvalue weighted by Gasteiger charge is 2.23. The molecule has 0 amide bonds. The highest BCUT2D eigenvalue weighted by molar-refractivity contribution is 9.10. The largest absolute Gasteiger partial charge is 0.493 e. The summed E-state index contributed by atoms with van der Waals surface area (Å²) in [6.07, 6.45) is 0.872. The van der Waals surface area contributed by atoms with Crippen molar-refractivity contribution >= 4 is 39.1 Å². The molecule has 1 heterocycles. The van der Waals surface area contributed by atoms with Crippen LogP contribution in [-0.2, 0) is 6.42 Å². The van der Waals surface area contributed by atoms with E-state index < -0.39 is 0 Å². The second kappa shape index (κ2) is 5.57. The zero-order chi connectivity index (χ0) is 14.3. The van der Waals surface area contributed by atoms with Crippen LogP contribution in [0.15, 0.2) is 34.8 Å². The molecule has 0 fully saturated rings. The minimum atomic E-state index is -0.313. The predicted octanol–water partition coefficient (Wildman–Crippen LogP) is 4.74. The molecule has 2 aromatic rings. The number of benzene rings is 2. The molecule has 1 unspecified atom stereocenters. The van der Waals surface area contributed by atoms with Crippen LogP contribution in [0.5, 0.6) is 5.75 Å².